The van der Waals surface area contributed by atoms with E-state index in [0.717, 1.165) is 11.6 Å². The smallest absolute Gasteiger partial charge is 0.363 e. The number of ether oxygens (including phenoxy) is 3. The average molecular weight is 527 g/mol. The van der Waals surface area contributed by atoms with Gasteiger partial charge in [0.1, 0.15) is 0 Å². The normalized spacial score (nSPS) is 13.8. The van der Waals surface area contributed by atoms with Crippen LogP contribution in [0.1, 0.15) is 27.0 Å². The quantitative estimate of drug-likeness (QED) is 0.131. The van der Waals surface area contributed by atoms with Gasteiger partial charge in [0.05, 0.1) is 33.2 Å². The summed E-state index contributed by atoms with van der Waals surface area (Å²) in [7, 11) is 1.37. The second kappa shape index (κ2) is 10.2. The van der Waals surface area contributed by atoms with Crippen LogP contribution in [-0.2, 0) is 9.53 Å². The fourth-order valence-electron chi connectivity index (χ4n) is 3.24. The predicted octanol–water partition coefficient (Wildman–Crippen LogP) is 5.78. The number of aryl methyl sites for hydroxylation is 1. The van der Waals surface area contributed by atoms with Crippen molar-refractivity contribution in [2.75, 3.05) is 7.11 Å². The largest absolute Gasteiger partial charge is 0.493 e. The van der Waals surface area contributed by atoms with Crippen LogP contribution in [0.15, 0.2) is 65.3 Å². The highest BCUT2D eigenvalue weighted by atomic mass is 35.5. The number of carbonyl (C=O) groups is 2. The molecule has 4 rings (SSSR count). The molecule has 0 fully saturated rings. The van der Waals surface area contributed by atoms with Gasteiger partial charge in [0, 0.05) is 12.1 Å². The molecule has 0 radical (unpaired) electrons. The molecule has 1 heterocycles. The average Bonchev–Trinajstić information content (AvgIpc) is 3.20. The number of non-ortho nitro benzene ring substituents is 1. The Kier molecular flexibility index (Phi) is 7.05. The summed E-state index contributed by atoms with van der Waals surface area (Å²) in [6, 6.07) is 13.5. The molecule has 36 heavy (non-hydrogen) atoms. The minimum Gasteiger partial charge on any atom is -0.493 e. The lowest BCUT2D eigenvalue weighted by Crippen LogP contribution is -2.09. The Labute approximate surface area is 214 Å². The topological polar surface area (TPSA) is 117 Å². The molecule has 0 aromatic heterocycles. The molecule has 0 aliphatic carbocycles. The Bertz CT molecular complexity index is 1460. The third kappa shape index (κ3) is 5.22. The number of nitro benzene ring substituents is 1. The van der Waals surface area contributed by atoms with Crippen molar-refractivity contribution >= 4 is 52.8 Å². The standard InChI is InChI=1S/C25H16Cl2N2O7/c1-13-3-5-15(6-4-13)24(30)35-22-19(27)9-14(11-21(22)34-2)10-20-25(31)36-23(28-20)17-12-16(29(32)33)7-8-18(17)26/h3-12H,1-2H3/b20-10-. The summed E-state index contributed by atoms with van der Waals surface area (Å²) >= 11 is 12.5. The summed E-state index contributed by atoms with van der Waals surface area (Å²) in [4.78, 5) is 39.6. The molecule has 1 aliphatic heterocycles. The molecule has 182 valence electrons. The number of aliphatic imine (C=N–C) groups is 1. The minimum absolute atomic E-state index is 0.00783. The number of benzene rings is 3. The van der Waals surface area contributed by atoms with Gasteiger partial charge in [-0.25, -0.2) is 14.6 Å². The first kappa shape index (κ1) is 24.9. The molecule has 0 bridgehead atoms. The van der Waals surface area contributed by atoms with Gasteiger partial charge in [-0.05, 0) is 48.9 Å². The number of nitrogens with zero attached hydrogens (tertiary/aromatic N) is 2. The molecule has 11 heteroatoms. The summed E-state index contributed by atoms with van der Waals surface area (Å²) in [5.74, 6) is -1.44. The van der Waals surface area contributed by atoms with Gasteiger partial charge in [-0.15, -0.1) is 0 Å². The number of nitro groups is 1. The van der Waals surface area contributed by atoms with Crippen molar-refractivity contribution in [1.82, 2.24) is 0 Å². The molecule has 3 aromatic rings. The van der Waals surface area contributed by atoms with E-state index in [2.05, 4.69) is 4.99 Å². The van der Waals surface area contributed by atoms with E-state index in [4.69, 9.17) is 37.4 Å². The van der Waals surface area contributed by atoms with Crippen molar-refractivity contribution < 1.29 is 28.7 Å². The zero-order valence-corrected chi connectivity index (χ0v) is 20.3. The molecule has 0 amide bonds. The summed E-state index contributed by atoms with van der Waals surface area (Å²) < 4.78 is 16.0. The highest BCUT2D eigenvalue weighted by molar-refractivity contribution is 6.34. The van der Waals surface area contributed by atoms with Gasteiger partial charge >= 0.3 is 11.9 Å². The van der Waals surface area contributed by atoms with Crippen molar-refractivity contribution in [3.63, 3.8) is 0 Å². The fourth-order valence-corrected chi connectivity index (χ4v) is 3.69. The lowest BCUT2D eigenvalue weighted by Gasteiger charge is -2.12. The molecule has 0 saturated heterocycles. The van der Waals surface area contributed by atoms with Gasteiger partial charge in [0.25, 0.3) is 5.69 Å². The van der Waals surface area contributed by atoms with E-state index in [0.29, 0.717) is 11.1 Å². The van der Waals surface area contributed by atoms with E-state index in [9.17, 15) is 19.7 Å². The first-order valence-corrected chi connectivity index (χ1v) is 11.0. The second-order valence-corrected chi connectivity index (χ2v) is 8.36. The van der Waals surface area contributed by atoms with Gasteiger partial charge in [-0.3, -0.25) is 10.1 Å². The van der Waals surface area contributed by atoms with Crippen LogP contribution in [0.4, 0.5) is 5.69 Å². The van der Waals surface area contributed by atoms with Crippen LogP contribution in [0.5, 0.6) is 11.5 Å². The number of carbonyl (C=O) groups excluding carboxylic acids is 2. The Balaban J connectivity index is 1.64. The van der Waals surface area contributed by atoms with Crippen molar-refractivity contribution in [3.8, 4) is 11.5 Å². The van der Waals surface area contributed by atoms with Gasteiger partial charge < -0.3 is 14.2 Å². The molecule has 0 spiro atoms. The first-order chi connectivity index (χ1) is 17.2. The number of esters is 2. The number of methoxy groups -OCH3 is 1. The highest BCUT2D eigenvalue weighted by Gasteiger charge is 2.27. The molecule has 0 N–H and O–H groups in total. The third-order valence-electron chi connectivity index (χ3n) is 5.05. The van der Waals surface area contributed by atoms with Crippen LogP contribution in [0.2, 0.25) is 10.0 Å². The number of rotatable bonds is 6. The minimum atomic E-state index is -0.794. The maximum atomic E-state index is 12.5. The van der Waals surface area contributed by atoms with E-state index in [1.54, 1.807) is 24.3 Å². The number of hydrogen-bond acceptors (Lipinski definition) is 8. The maximum Gasteiger partial charge on any atom is 0.363 e. The fraction of sp³-hybridized carbons (Fsp3) is 0.0800. The van der Waals surface area contributed by atoms with E-state index in [1.165, 1.54) is 37.5 Å². The monoisotopic (exact) mass is 526 g/mol. The van der Waals surface area contributed by atoms with Gasteiger partial charge in [-0.2, -0.15) is 0 Å². The zero-order chi connectivity index (χ0) is 26.0. The lowest BCUT2D eigenvalue weighted by atomic mass is 10.1. The van der Waals surface area contributed by atoms with E-state index in [1.807, 2.05) is 6.92 Å². The Morgan fingerprint density at radius 3 is 2.47 bits per heavy atom. The number of halogens is 2. The highest BCUT2D eigenvalue weighted by Crippen LogP contribution is 2.38. The number of hydrogen-bond donors (Lipinski definition) is 0. The van der Waals surface area contributed by atoms with Gasteiger partial charge in [0.15, 0.2) is 17.2 Å². The first-order valence-electron chi connectivity index (χ1n) is 10.3. The van der Waals surface area contributed by atoms with Crippen LogP contribution in [-0.4, -0.2) is 29.9 Å². The molecule has 0 atom stereocenters. The van der Waals surface area contributed by atoms with Crippen molar-refractivity contribution in [3.05, 3.63) is 103 Å². The summed E-state index contributed by atoms with van der Waals surface area (Å²) in [5.41, 5.74) is 1.47. The Hall–Kier alpha value is -4.21. The molecular formula is C25H16Cl2N2O7. The number of cyclic esters (lactones) is 1. The molecule has 1 aliphatic rings. The lowest BCUT2D eigenvalue weighted by molar-refractivity contribution is -0.384. The molecule has 3 aromatic carbocycles. The SMILES string of the molecule is COc1cc(/C=C2\N=C(c3cc([N+](=O)[O-])ccc3Cl)OC2=O)cc(Cl)c1OC(=O)c1ccc(C)cc1. The van der Waals surface area contributed by atoms with Crippen molar-refractivity contribution in [1.29, 1.82) is 0 Å². The maximum absolute atomic E-state index is 12.5. The van der Waals surface area contributed by atoms with Crippen LogP contribution < -0.4 is 9.47 Å². The molecule has 0 saturated carbocycles. The summed E-state index contributed by atoms with van der Waals surface area (Å²) in [6.07, 6.45) is 1.38. The van der Waals surface area contributed by atoms with Gasteiger partial charge in [0.2, 0.25) is 5.90 Å². The van der Waals surface area contributed by atoms with Crippen LogP contribution in [0.25, 0.3) is 6.08 Å². The van der Waals surface area contributed by atoms with Gasteiger partial charge in [-0.1, -0.05) is 40.9 Å². The van der Waals surface area contributed by atoms with Crippen LogP contribution in [0, 0.1) is 17.0 Å². The summed E-state index contributed by atoms with van der Waals surface area (Å²) in [6.45, 7) is 1.90. The third-order valence-corrected chi connectivity index (χ3v) is 5.66. The van der Waals surface area contributed by atoms with E-state index in [-0.39, 0.29) is 44.4 Å². The van der Waals surface area contributed by atoms with E-state index >= 15 is 0 Å². The zero-order valence-electron chi connectivity index (χ0n) is 18.8. The van der Waals surface area contributed by atoms with Crippen LogP contribution in [0.3, 0.4) is 0 Å². The van der Waals surface area contributed by atoms with E-state index < -0.39 is 16.9 Å². The van der Waals surface area contributed by atoms with Crippen LogP contribution >= 0.6 is 23.2 Å². The predicted molar refractivity (Wildman–Crippen MR) is 133 cm³/mol. The Morgan fingerprint density at radius 2 is 1.81 bits per heavy atom. The molecule has 9 nitrogen and oxygen atoms in total. The molecular weight excluding hydrogens is 511 g/mol. The molecule has 0 unspecified atom stereocenters. The Morgan fingerprint density at radius 1 is 1.08 bits per heavy atom. The summed E-state index contributed by atoms with van der Waals surface area (Å²) in [5, 5.41) is 11.3. The van der Waals surface area contributed by atoms with Crippen molar-refractivity contribution in [2.45, 2.75) is 6.92 Å². The van der Waals surface area contributed by atoms with Crippen molar-refractivity contribution in [2.24, 2.45) is 4.99 Å². The second-order valence-electron chi connectivity index (χ2n) is 7.55.